The number of carbonyl (C=O) groups is 1. The molecule has 5 heteroatoms. The van der Waals surface area contributed by atoms with Crippen molar-refractivity contribution < 1.29 is 4.79 Å². The van der Waals surface area contributed by atoms with E-state index in [2.05, 4.69) is 5.32 Å². The lowest BCUT2D eigenvalue weighted by atomic mass is 9.86. The molecule has 1 fully saturated rings. The van der Waals surface area contributed by atoms with Gasteiger partial charge < -0.3 is 11.1 Å². The first-order valence-corrected chi connectivity index (χ1v) is 6.83. The molecule has 0 aliphatic carbocycles. The maximum Gasteiger partial charge on any atom is 0.226 e. The second-order valence-corrected chi connectivity index (χ2v) is 5.42. The number of piperidine rings is 1. The summed E-state index contributed by atoms with van der Waals surface area (Å²) >= 11 is 11.9. The van der Waals surface area contributed by atoms with Gasteiger partial charge in [0.05, 0.1) is 16.0 Å². The van der Waals surface area contributed by atoms with Crippen molar-refractivity contribution >= 4 is 29.1 Å². The van der Waals surface area contributed by atoms with Crippen molar-refractivity contribution in [3.63, 3.8) is 0 Å². The molecule has 0 aromatic heterocycles. The first kappa shape index (κ1) is 13.7. The topological polar surface area (TPSA) is 55.1 Å². The van der Waals surface area contributed by atoms with Crippen molar-refractivity contribution in [1.29, 1.82) is 0 Å². The molecule has 98 valence electrons. The quantitative estimate of drug-likeness (QED) is 0.898. The third kappa shape index (κ3) is 2.97. The molecule has 1 aromatic carbocycles. The molecule has 1 amide bonds. The van der Waals surface area contributed by atoms with E-state index in [0.717, 1.165) is 31.4 Å². The van der Waals surface area contributed by atoms with Gasteiger partial charge in [-0.05, 0) is 37.1 Å². The van der Waals surface area contributed by atoms with Gasteiger partial charge in [-0.3, -0.25) is 4.79 Å². The molecule has 1 aliphatic rings. The summed E-state index contributed by atoms with van der Waals surface area (Å²) in [5.74, 6) is -0.673. The molecule has 1 aliphatic heterocycles. The summed E-state index contributed by atoms with van der Waals surface area (Å²) in [5, 5.41) is 4.30. The minimum Gasteiger partial charge on any atom is -0.369 e. The zero-order valence-electron chi connectivity index (χ0n) is 9.96. The molecule has 0 spiro atoms. The molecule has 1 saturated heterocycles. The Kier molecular flexibility index (Phi) is 4.49. The average Bonchev–Trinajstić information content (AvgIpc) is 2.35. The Morgan fingerprint density at radius 1 is 1.33 bits per heavy atom. The van der Waals surface area contributed by atoms with E-state index in [1.54, 1.807) is 12.1 Å². The molecule has 1 aromatic rings. The Hall–Kier alpha value is -0.770. The molecular formula is C13H16Cl2N2O. The van der Waals surface area contributed by atoms with E-state index in [1.165, 1.54) is 0 Å². The minimum absolute atomic E-state index is 0.0912. The largest absolute Gasteiger partial charge is 0.369 e. The predicted octanol–water partition coefficient (Wildman–Crippen LogP) is 2.70. The van der Waals surface area contributed by atoms with Crippen LogP contribution in [-0.2, 0) is 4.79 Å². The zero-order valence-corrected chi connectivity index (χ0v) is 11.5. The molecule has 2 rings (SSSR count). The zero-order chi connectivity index (χ0) is 13.1. The summed E-state index contributed by atoms with van der Waals surface area (Å²) in [6.45, 7) is 0.926. The van der Waals surface area contributed by atoms with E-state index in [9.17, 15) is 4.79 Å². The molecule has 2 atom stereocenters. The Balaban J connectivity index is 2.28. The third-order valence-electron chi connectivity index (χ3n) is 3.36. The number of primary amides is 1. The third-order valence-corrected chi connectivity index (χ3v) is 4.10. The maximum atomic E-state index is 11.7. The molecular weight excluding hydrogens is 271 g/mol. The van der Waals surface area contributed by atoms with Gasteiger partial charge in [0, 0.05) is 6.04 Å². The van der Waals surface area contributed by atoms with E-state index in [-0.39, 0.29) is 17.9 Å². The van der Waals surface area contributed by atoms with Gasteiger partial charge >= 0.3 is 0 Å². The summed E-state index contributed by atoms with van der Waals surface area (Å²) in [6, 6.07) is 5.35. The molecule has 1 heterocycles. The fourth-order valence-electron chi connectivity index (χ4n) is 2.46. The Morgan fingerprint density at radius 3 is 2.67 bits per heavy atom. The van der Waals surface area contributed by atoms with Crippen molar-refractivity contribution in [3.05, 3.63) is 33.8 Å². The number of carbonyl (C=O) groups excluding carboxylic acids is 1. The second kappa shape index (κ2) is 5.91. The second-order valence-electron chi connectivity index (χ2n) is 4.61. The number of nitrogens with two attached hydrogens (primary N) is 1. The number of nitrogens with one attached hydrogen (secondary N) is 1. The standard InChI is InChI=1S/C13H16Cl2N2O/c14-9-5-4-8(7-10(9)15)12(13(16)18)11-3-1-2-6-17-11/h4-5,7,11-12,17H,1-3,6H2,(H2,16,18)/t11-,12-/m1/s1. The number of hydrogen-bond acceptors (Lipinski definition) is 2. The highest BCUT2D eigenvalue weighted by Gasteiger charge is 2.29. The molecule has 0 unspecified atom stereocenters. The van der Waals surface area contributed by atoms with Gasteiger partial charge in [0.1, 0.15) is 0 Å². The van der Waals surface area contributed by atoms with Gasteiger partial charge in [0.2, 0.25) is 5.91 Å². The highest BCUT2D eigenvalue weighted by Crippen LogP contribution is 2.30. The first-order chi connectivity index (χ1) is 8.59. The molecule has 0 radical (unpaired) electrons. The Morgan fingerprint density at radius 2 is 2.11 bits per heavy atom. The maximum absolute atomic E-state index is 11.7. The van der Waals surface area contributed by atoms with Gasteiger partial charge in [-0.2, -0.15) is 0 Å². The highest BCUT2D eigenvalue weighted by atomic mass is 35.5. The lowest BCUT2D eigenvalue weighted by molar-refractivity contribution is -0.120. The van der Waals surface area contributed by atoms with Gasteiger partial charge in [-0.25, -0.2) is 0 Å². The Labute approximate surface area is 117 Å². The fraction of sp³-hybridized carbons (Fsp3) is 0.462. The van der Waals surface area contributed by atoms with Gasteiger partial charge in [0.15, 0.2) is 0 Å². The van der Waals surface area contributed by atoms with Crippen LogP contribution in [0.5, 0.6) is 0 Å². The summed E-state index contributed by atoms with van der Waals surface area (Å²) in [5.41, 5.74) is 6.36. The fourth-order valence-corrected chi connectivity index (χ4v) is 2.77. The van der Waals surface area contributed by atoms with Crippen LogP contribution in [0, 0.1) is 0 Å². The number of hydrogen-bond donors (Lipinski definition) is 2. The van der Waals surface area contributed by atoms with Crippen molar-refractivity contribution in [3.8, 4) is 0 Å². The van der Waals surface area contributed by atoms with Crippen LogP contribution in [0.15, 0.2) is 18.2 Å². The van der Waals surface area contributed by atoms with Crippen molar-refractivity contribution in [2.45, 2.75) is 31.2 Å². The Bertz CT molecular complexity index is 445. The average molecular weight is 287 g/mol. The van der Waals surface area contributed by atoms with Gasteiger partial charge in [-0.1, -0.05) is 35.7 Å². The lowest BCUT2D eigenvalue weighted by Crippen LogP contribution is -2.43. The monoisotopic (exact) mass is 286 g/mol. The highest BCUT2D eigenvalue weighted by molar-refractivity contribution is 6.42. The number of rotatable bonds is 3. The van der Waals surface area contributed by atoms with Crippen LogP contribution in [0.4, 0.5) is 0 Å². The van der Waals surface area contributed by atoms with E-state index in [1.807, 2.05) is 6.07 Å². The first-order valence-electron chi connectivity index (χ1n) is 6.07. The molecule has 18 heavy (non-hydrogen) atoms. The van der Waals surface area contributed by atoms with Crippen LogP contribution in [0.1, 0.15) is 30.7 Å². The summed E-state index contributed by atoms with van der Waals surface area (Å²) in [6.07, 6.45) is 3.21. The van der Waals surface area contributed by atoms with Crippen molar-refractivity contribution in [2.24, 2.45) is 5.73 Å². The van der Waals surface area contributed by atoms with Crippen LogP contribution in [0.25, 0.3) is 0 Å². The SMILES string of the molecule is NC(=O)[C@H](c1ccc(Cl)c(Cl)c1)[C@H]1CCCCN1. The van der Waals surface area contributed by atoms with Crippen LogP contribution in [0.3, 0.4) is 0 Å². The molecule has 0 bridgehead atoms. The molecule has 0 saturated carbocycles. The number of amides is 1. The van der Waals surface area contributed by atoms with Crippen molar-refractivity contribution in [1.82, 2.24) is 5.32 Å². The van der Waals surface area contributed by atoms with E-state index >= 15 is 0 Å². The van der Waals surface area contributed by atoms with Crippen LogP contribution < -0.4 is 11.1 Å². The van der Waals surface area contributed by atoms with Gasteiger partial charge in [-0.15, -0.1) is 0 Å². The predicted molar refractivity (Wildman–Crippen MR) is 74.0 cm³/mol. The van der Waals surface area contributed by atoms with E-state index < -0.39 is 0 Å². The summed E-state index contributed by atoms with van der Waals surface area (Å²) in [7, 11) is 0. The smallest absolute Gasteiger partial charge is 0.226 e. The minimum atomic E-state index is -0.347. The molecule has 3 N–H and O–H groups in total. The van der Waals surface area contributed by atoms with Crippen LogP contribution in [-0.4, -0.2) is 18.5 Å². The van der Waals surface area contributed by atoms with E-state index in [4.69, 9.17) is 28.9 Å². The van der Waals surface area contributed by atoms with E-state index in [0.29, 0.717) is 10.0 Å². The summed E-state index contributed by atoms with van der Waals surface area (Å²) in [4.78, 5) is 11.7. The van der Waals surface area contributed by atoms with Crippen LogP contribution in [0.2, 0.25) is 10.0 Å². The van der Waals surface area contributed by atoms with Crippen LogP contribution >= 0.6 is 23.2 Å². The van der Waals surface area contributed by atoms with Crippen molar-refractivity contribution in [2.75, 3.05) is 6.54 Å². The number of halogens is 2. The normalized spacial score (nSPS) is 21.6. The summed E-state index contributed by atoms with van der Waals surface area (Å²) < 4.78 is 0. The lowest BCUT2D eigenvalue weighted by Gasteiger charge is -2.29. The molecule has 3 nitrogen and oxygen atoms in total. The number of benzene rings is 1. The van der Waals surface area contributed by atoms with Gasteiger partial charge in [0.25, 0.3) is 0 Å².